The Balaban J connectivity index is 0.000000240. The first-order chi connectivity index (χ1) is 9.54. The molecule has 0 aliphatic carbocycles. The molecule has 0 radical (unpaired) electrons. The molecule has 1 aromatic rings. The lowest BCUT2D eigenvalue weighted by atomic mass is 10.2. The van der Waals surface area contributed by atoms with Crippen molar-refractivity contribution in [2.45, 2.75) is 12.1 Å². The van der Waals surface area contributed by atoms with Crippen molar-refractivity contribution >= 4 is 16.5 Å². The van der Waals surface area contributed by atoms with Crippen molar-refractivity contribution < 1.29 is 30.6 Å². The van der Waals surface area contributed by atoms with Crippen molar-refractivity contribution in [2.24, 2.45) is 4.99 Å². The average Bonchev–Trinajstić information content (AvgIpc) is 2.75. The van der Waals surface area contributed by atoms with Gasteiger partial charge in [0.25, 0.3) is 0 Å². The monoisotopic (exact) mass is 324 g/mol. The van der Waals surface area contributed by atoms with Gasteiger partial charge in [-0.05, 0) is 0 Å². The van der Waals surface area contributed by atoms with Gasteiger partial charge < -0.3 is 4.55 Å². The van der Waals surface area contributed by atoms with E-state index >= 15 is 0 Å². The van der Waals surface area contributed by atoms with Crippen LogP contribution in [0.25, 0.3) is 0 Å². The summed E-state index contributed by atoms with van der Waals surface area (Å²) in [5.74, 6) is 0. The highest BCUT2D eigenvalue weighted by atomic mass is 32.2. The Morgan fingerprint density at radius 3 is 2.19 bits per heavy atom. The largest absolute Gasteiger partial charge is 0.741 e. The second-order valence-electron chi connectivity index (χ2n) is 4.77. The summed E-state index contributed by atoms with van der Waals surface area (Å²) >= 11 is 0. The summed E-state index contributed by atoms with van der Waals surface area (Å²) in [5, 5.41) is 0. The van der Waals surface area contributed by atoms with Crippen molar-refractivity contribution in [3.63, 3.8) is 0 Å². The van der Waals surface area contributed by atoms with Gasteiger partial charge >= 0.3 is 5.51 Å². The van der Waals surface area contributed by atoms with Crippen LogP contribution in [0.4, 0.5) is 13.2 Å². The van der Waals surface area contributed by atoms with Crippen LogP contribution in [0, 0.1) is 0 Å². The molecule has 0 saturated carbocycles. The molecule has 1 heterocycles. The van der Waals surface area contributed by atoms with Crippen LogP contribution < -0.4 is 0 Å². The molecule has 0 saturated heterocycles. The van der Waals surface area contributed by atoms with Crippen molar-refractivity contribution in [3.05, 3.63) is 35.9 Å². The van der Waals surface area contributed by atoms with Gasteiger partial charge in [-0.15, -0.1) is 0 Å². The zero-order chi connectivity index (χ0) is 16.1. The number of alkyl halides is 3. The molecule has 1 aromatic carbocycles. The Hall–Kier alpha value is -1.45. The van der Waals surface area contributed by atoms with E-state index in [2.05, 4.69) is 48.7 Å². The highest BCUT2D eigenvalue weighted by Gasteiger charge is 2.36. The molecule has 118 valence electrons. The van der Waals surface area contributed by atoms with Gasteiger partial charge in [-0.1, -0.05) is 30.3 Å². The van der Waals surface area contributed by atoms with E-state index in [0.29, 0.717) is 0 Å². The number of likely N-dealkylation sites (N-methyl/N-ethyl adjacent to an activating group) is 1. The molecule has 0 aromatic heterocycles. The lowest BCUT2D eigenvalue weighted by molar-refractivity contribution is -0.821. The molecule has 0 N–H and O–H groups in total. The highest BCUT2D eigenvalue weighted by molar-refractivity contribution is 7.86. The smallest absolute Gasteiger partial charge is 0.485 e. The lowest BCUT2D eigenvalue weighted by Crippen LogP contribution is -2.39. The van der Waals surface area contributed by atoms with E-state index in [9.17, 15) is 13.2 Å². The van der Waals surface area contributed by atoms with Gasteiger partial charge in [0.1, 0.15) is 13.1 Å². The van der Waals surface area contributed by atoms with Gasteiger partial charge in [0.05, 0.1) is 13.6 Å². The maximum absolute atomic E-state index is 10.7. The van der Waals surface area contributed by atoms with Crippen molar-refractivity contribution in [3.8, 4) is 0 Å². The summed E-state index contributed by atoms with van der Waals surface area (Å²) in [7, 11) is -3.86. The summed E-state index contributed by atoms with van der Waals surface area (Å²) in [5.41, 5.74) is -4.26. The van der Waals surface area contributed by atoms with Crippen molar-refractivity contribution in [2.75, 3.05) is 20.1 Å². The van der Waals surface area contributed by atoms with Crippen LogP contribution >= 0.6 is 0 Å². The first-order valence-corrected chi connectivity index (χ1v) is 7.36. The maximum Gasteiger partial charge on any atom is 0.485 e. The third-order valence-electron chi connectivity index (χ3n) is 2.77. The second kappa shape index (κ2) is 6.54. The zero-order valence-corrected chi connectivity index (χ0v) is 12.1. The quantitative estimate of drug-likeness (QED) is 0.472. The van der Waals surface area contributed by atoms with Crippen LogP contribution in [0.15, 0.2) is 35.3 Å². The maximum atomic E-state index is 10.7. The van der Waals surface area contributed by atoms with Gasteiger partial charge in [0.2, 0.25) is 0 Å². The molecule has 9 heteroatoms. The standard InChI is InChI=1S/C11H15N2.CHF3O3S/c1-13(8-7-12-10-13)9-11-5-3-2-4-6-11;2-1(3,4)8(5,6)7/h2-6,10H,7-9H2,1H3;(H,5,6,7)/q+1;/p-1. The number of benzene rings is 1. The van der Waals surface area contributed by atoms with Crippen molar-refractivity contribution in [1.29, 1.82) is 0 Å². The Morgan fingerprint density at radius 2 is 1.81 bits per heavy atom. The number of quaternary nitrogens is 1. The van der Waals surface area contributed by atoms with E-state index in [-0.39, 0.29) is 0 Å². The van der Waals surface area contributed by atoms with Gasteiger partial charge in [0.15, 0.2) is 16.5 Å². The molecule has 21 heavy (non-hydrogen) atoms. The molecule has 1 unspecified atom stereocenters. The lowest BCUT2D eigenvalue weighted by Gasteiger charge is -2.24. The summed E-state index contributed by atoms with van der Waals surface area (Å²) in [4.78, 5) is 4.28. The minimum atomic E-state index is -6.09. The van der Waals surface area contributed by atoms with Gasteiger partial charge in [-0.2, -0.15) is 13.2 Å². The third-order valence-corrected chi connectivity index (χ3v) is 3.34. The molecule has 5 nitrogen and oxygen atoms in total. The number of aliphatic imine (C=N–C) groups is 1. The molecule has 1 aliphatic heterocycles. The molecular weight excluding hydrogens is 309 g/mol. The highest BCUT2D eigenvalue weighted by Crippen LogP contribution is 2.20. The van der Waals surface area contributed by atoms with Crippen molar-refractivity contribution in [1.82, 2.24) is 0 Å². The number of nitrogens with zero attached hydrogens (tertiary/aromatic N) is 2. The molecule has 0 fully saturated rings. The number of hydrogen-bond donors (Lipinski definition) is 0. The number of halogens is 3. The topological polar surface area (TPSA) is 69.6 Å². The van der Waals surface area contributed by atoms with E-state index in [1.807, 2.05) is 0 Å². The molecule has 1 aliphatic rings. The molecule has 0 bridgehead atoms. The first-order valence-electron chi connectivity index (χ1n) is 5.95. The van der Waals surface area contributed by atoms with Crippen LogP contribution in [-0.4, -0.2) is 49.4 Å². The van der Waals surface area contributed by atoms with Gasteiger partial charge in [0, 0.05) is 5.56 Å². The Bertz CT molecular complexity index is 588. The SMILES string of the molecule is C[N+]1(Cc2ccccc2)C=NCC1.O=S(=O)([O-])C(F)(F)F. The second-order valence-corrected chi connectivity index (χ2v) is 6.14. The fraction of sp³-hybridized carbons (Fsp3) is 0.417. The van der Waals surface area contributed by atoms with Gasteiger partial charge in [-0.3, -0.25) is 4.48 Å². The molecular formula is C12H15F3N2O3S. The molecule has 0 spiro atoms. The van der Waals surface area contributed by atoms with Crippen LogP contribution in [-0.2, 0) is 16.7 Å². The Morgan fingerprint density at radius 1 is 1.29 bits per heavy atom. The van der Waals surface area contributed by atoms with E-state index in [1.54, 1.807) is 0 Å². The van der Waals surface area contributed by atoms with Crippen LogP contribution in [0.2, 0.25) is 0 Å². The third kappa shape index (κ3) is 5.82. The van der Waals surface area contributed by atoms with Crippen LogP contribution in [0.3, 0.4) is 0 Å². The molecule has 1 atom stereocenters. The normalized spacial score (nSPS) is 21.8. The van der Waals surface area contributed by atoms with Crippen LogP contribution in [0.5, 0.6) is 0 Å². The zero-order valence-electron chi connectivity index (χ0n) is 11.2. The summed E-state index contributed by atoms with van der Waals surface area (Å²) in [6, 6.07) is 10.6. The first kappa shape index (κ1) is 17.6. The number of hydrogen-bond acceptors (Lipinski definition) is 4. The van der Waals surface area contributed by atoms with E-state index in [4.69, 9.17) is 13.0 Å². The number of rotatable bonds is 2. The Kier molecular flexibility index (Phi) is 5.48. The summed E-state index contributed by atoms with van der Waals surface area (Å²) < 4.78 is 59.9. The average molecular weight is 324 g/mol. The fourth-order valence-electron chi connectivity index (χ4n) is 1.72. The summed E-state index contributed by atoms with van der Waals surface area (Å²) in [6.45, 7) is 3.17. The van der Waals surface area contributed by atoms with E-state index in [1.165, 1.54) is 5.56 Å². The van der Waals surface area contributed by atoms with Crippen LogP contribution in [0.1, 0.15) is 5.56 Å². The van der Waals surface area contributed by atoms with E-state index < -0.39 is 15.6 Å². The minimum Gasteiger partial charge on any atom is -0.741 e. The molecule has 2 rings (SSSR count). The fourth-order valence-corrected chi connectivity index (χ4v) is 1.72. The molecule has 0 amide bonds. The predicted octanol–water partition coefficient (Wildman–Crippen LogP) is 1.73. The van der Waals surface area contributed by atoms with E-state index in [0.717, 1.165) is 24.1 Å². The minimum absolute atomic E-state index is 0.948. The summed E-state index contributed by atoms with van der Waals surface area (Å²) in [6.07, 6.45) is 2.06. The Labute approximate surface area is 121 Å². The van der Waals surface area contributed by atoms with Gasteiger partial charge in [-0.25, -0.2) is 13.4 Å². The predicted molar refractivity (Wildman–Crippen MR) is 70.3 cm³/mol.